The molecule has 28 heavy (non-hydrogen) atoms. The molecule has 2 aromatic rings. The van der Waals surface area contributed by atoms with Crippen molar-refractivity contribution in [3.05, 3.63) is 39.2 Å². The van der Waals surface area contributed by atoms with Crippen molar-refractivity contribution in [3.63, 3.8) is 0 Å². The molecule has 0 spiro atoms. The van der Waals surface area contributed by atoms with Gasteiger partial charge in [-0.2, -0.15) is 8.42 Å². The van der Waals surface area contributed by atoms with E-state index in [0.29, 0.717) is 5.56 Å². The zero-order valence-corrected chi connectivity index (χ0v) is 16.1. The SMILES string of the molecule is CCn1c(O)c(C(N)=O)c(C)c(N=Nc2cc(N)c(C)cc2S(=O)(=O)O)c1=O. The van der Waals surface area contributed by atoms with Crippen molar-refractivity contribution in [1.29, 1.82) is 0 Å². The smallest absolute Gasteiger partial charge is 0.296 e. The third-order valence-corrected chi connectivity index (χ3v) is 4.99. The van der Waals surface area contributed by atoms with Crippen LogP contribution >= 0.6 is 0 Å². The molecule has 1 heterocycles. The molecule has 12 heteroatoms. The second-order valence-electron chi connectivity index (χ2n) is 5.94. The molecule has 1 aromatic heterocycles. The molecule has 0 atom stereocenters. The second kappa shape index (κ2) is 7.40. The molecule has 0 aliphatic rings. The van der Waals surface area contributed by atoms with Gasteiger partial charge in [0.05, 0.1) is 0 Å². The molecule has 0 aliphatic heterocycles. The van der Waals surface area contributed by atoms with Crippen molar-refractivity contribution < 1.29 is 22.9 Å². The van der Waals surface area contributed by atoms with Crippen LogP contribution in [0, 0.1) is 13.8 Å². The Morgan fingerprint density at radius 2 is 1.86 bits per heavy atom. The third-order valence-electron chi connectivity index (χ3n) is 4.10. The number of carbonyl (C=O) groups excluding carboxylic acids is 1. The van der Waals surface area contributed by atoms with Crippen LogP contribution in [0.25, 0.3) is 0 Å². The number of aryl methyl sites for hydroxylation is 1. The maximum absolute atomic E-state index is 12.5. The minimum atomic E-state index is -4.65. The van der Waals surface area contributed by atoms with Gasteiger partial charge < -0.3 is 16.6 Å². The van der Waals surface area contributed by atoms with Gasteiger partial charge in [0.25, 0.3) is 21.6 Å². The van der Waals surface area contributed by atoms with Crippen molar-refractivity contribution >= 4 is 33.1 Å². The summed E-state index contributed by atoms with van der Waals surface area (Å²) in [5, 5.41) is 17.6. The molecule has 0 radical (unpaired) electrons. The number of nitrogen functional groups attached to an aromatic ring is 1. The summed E-state index contributed by atoms with van der Waals surface area (Å²) in [5.74, 6) is -1.58. The standard InChI is InChI=1S/C16H19N5O6S/c1-4-21-15(23)12(14(18)22)8(3)13(16(21)24)20-19-10-6-9(17)7(2)5-11(10)28(25,26)27/h5-6,23H,4,17H2,1-3H3,(H2,18,22)(H,25,26,27). The lowest BCUT2D eigenvalue weighted by Gasteiger charge is -2.13. The minimum Gasteiger partial charge on any atom is -0.494 e. The Balaban J connectivity index is 2.79. The lowest BCUT2D eigenvalue weighted by molar-refractivity contribution is 0.0995. The summed E-state index contributed by atoms with van der Waals surface area (Å²) in [6.07, 6.45) is 0. The van der Waals surface area contributed by atoms with Crippen LogP contribution < -0.4 is 17.0 Å². The van der Waals surface area contributed by atoms with Crippen LogP contribution in [0.5, 0.6) is 5.88 Å². The Hall–Kier alpha value is -3.25. The van der Waals surface area contributed by atoms with E-state index in [1.54, 1.807) is 6.92 Å². The van der Waals surface area contributed by atoms with E-state index in [1.165, 1.54) is 19.9 Å². The molecule has 150 valence electrons. The number of amides is 1. The van der Waals surface area contributed by atoms with Crippen LogP contribution in [0.15, 0.2) is 32.1 Å². The molecule has 1 aromatic carbocycles. The van der Waals surface area contributed by atoms with E-state index in [9.17, 15) is 27.7 Å². The molecular formula is C16H19N5O6S. The number of anilines is 1. The first kappa shape index (κ1) is 21.1. The Labute approximate surface area is 160 Å². The number of hydrogen-bond acceptors (Lipinski definition) is 8. The van der Waals surface area contributed by atoms with Gasteiger partial charge in [-0.1, -0.05) is 0 Å². The number of pyridine rings is 1. The largest absolute Gasteiger partial charge is 0.494 e. The monoisotopic (exact) mass is 409 g/mol. The van der Waals surface area contributed by atoms with E-state index in [1.807, 2.05) is 0 Å². The maximum Gasteiger partial charge on any atom is 0.296 e. The number of rotatable bonds is 5. The van der Waals surface area contributed by atoms with Gasteiger partial charge in [0, 0.05) is 17.8 Å². The average molecular weight is 409 g/mol. The van der Waals surface area contributed by atoms with Crippen LogP contribution in [0.4, 0.5) is 17.1 Å². The fourth-order valence-electron chi connectivity index (χ4n) is 2.59. The number of aromatic nitrogens is 1. The summed E-state index contributed by atoms with van der Waals surface area (Å²) < 4.78 is 33.5. The first-order chi connectivity index (χ1) is 12.9. The summed E-state index contributed by atoms with van der Waals surface area (Å²) in [6, 6.07) is 2.28. The van der Waals surface area contributed by atoms with Crippen molar-refractivity contribution in [2.24, 2.45) is 16.0 Å². The summed E-state index contributed by atoms with van der Waals surface area (Å²) in [6.45, 7) is 4.44. The quantitative estimate of drug-likeness (QED) is 0.327. The highest BCUT2D eigenvalue weighted by Crippen LogP contribution is 2.32. The van der Waals surface area contributed by atoms with Crippen molar-refractivity contribution in [3.8, 4) is 5.88 Å². The fraction of sp³-hybridized carbons (Fsp3) is 0.250. The van der Waals surface area contributed by atoms with E-state index in [0.717, 1.165) is 10.6 Å². The summed E-state index contributed by atoms with van der Waals surface area (Å²) in [4.78, 5) is 23.7. The first-order valence-electron chi connectivity index (χ1n) is 7.95. The lowest BCUT2D eigenvalue weighted by Crippen LogP contribution is -2.25. The molecule has 0 bridgehead atoms. The normalized spacial score (nSPS) is 11.9. The highest BCUT2D eigenvalue weighted by molar-refractivity contribution is 7.86. The summed E-state index contributed by atoms with van der Waals surface area (Å²) >= 11 is 0. The van der Waals surface area contributed by atoms with Gasteiger partial charge in [0.2, 0.25) is 5.88 Å². The third kappa shape index (κ3) is 3.73. The van der Waals surface area contributed by atoms with Gasteiger partial charge in [-0.3, -0.25) is 18.7 Å². The summed E-state index contributed by atoms with van der Waals surface area (Å²) in [7, 11) is -4.65. The Morgan fingerprint density at radius 3 is 2.36 bits per heavy atom. The molecule has 0 aliphatic carbocycles. The van der Waals surface area contributed by atoms with Crippen LogP contribution in [-0.2, 0) is 16.7 Å². The number of azo groups is 1. The van der Waals surface area contributed by atoms with Gasteiger partial charge >= 0.3 is 0 Å². The van der Waals surface area contributed by atoms with E-state index >= 15 is 0 Å². The van der Waals surface area contributed by atoms with Crippen LogP contribution in [0.2, 0.25) is 0 Å². The van der Waals surface area contributed by atoms with Crippen LogP contribution in [0.1, 0.15) is 28.4 Å². The number of aromatic hydroxyl groups is 1. The predicted molar refractivity (Wildman–Crippen MR) is 101 cm³/mol. The first-order valence-corrected chi connectivity index (χ1v) is 9.39. The van der Waals surface area contributed by atoms with Gasteiger partial charge in [-0.15, -0.1) is 10.2 Å². The zero-order valence-electron chi connectivity index (χ0n) is 15.3. The van der Waals surface area contributed by atoms with Crippen molar-refractivity contribution in [2.75, 3.05) is 5.73 Å². The summed E-state index contributed by atoms with van der Waals surface area (Å²) in [5.41, 5.74) is 9.86. The molecule has 0 fully saturated rings. The zero-order chi connectivity index (χ0) is 21.4. The van der Waals surface area contributed by atoms with E-state index < -0.39 is 32.4 Å². The Bertz CT molecular complexity index is 1170. The Kier molecular flexibility index (Phi) is 5.57. The van der Waals surface area contributed by atoms with E-state index in [2.05, 4.69) is 10.2 Å². The molecule has 0 saturated carbocycles. The predicted octanol–water partition coefficient (Wildman–Crippen LogP) is 1.53. The van der Waals surface area contributed by atoms with Gasteiger partial charge in [0.15, 0.2) is 5.69 Å². The number of nitrogens with zero attached hydrogens (tertiary/aromatic N) is 3. The van der Waals surface area contributed by atoms with Crippen molar-refractivity contribution in [1.82, 2.24) is 4.57 Å². The second-order valence-corrected chi connectivity index (χ2v) is 7.33. The number of carbonyl (C=O) groups is 1. The minimum absolute atomic E-state index is 0.0154. The number of benzene rings is 1. The molecular weight excluding hydrogens is 390 g/mol. The van der Waals surface area contributed by atoms with E-state index in [-0.39, 0.29) is 34.7 Å². The molecule has 1 amide bonds. The average Bonchev–Trinajstić information content (AvgIpc) is 2.56. The lowest BCUT2D eigenvalue weighted by atomic mass is 10.1. The molecule has 6 N–H and O–H groups in total. The van der Waals surface area contributed by atoms with Gasteiger partial charge in [-0.25, -0.2) is 0 Å². The maximum atomic E-state index is 12.5. The topological polar surface area (TPSA) is 190 Å². The number of primary amides is 1. The highest BCUT2D eigenvalue weighted by Gasteiger charge is 2.22. The molecule has 0 unspecified atom stereocenters. The molecule has 2 rings (SSSR count). The van der Waals surface area contributed by atoms with Gasteiger partial charge in [-0.05, 0) is 38.5 Å². The number of hydrogen-bond donors (Lipinski definition) is 4. The van der Waals surface area contributed by atoms with E-state index in [4.69, 9.17) is 11.5 Å². The number of nitrogens with two attached hydrogens (primary N) is 2. The highest BCUT2D eigenvalue weighted by atomic mass is 32.2. The molecule has 11 nitrogen and oxygen atoms in total. The van der Waals surface area contributed by atoms with Crippen LogP contribution in [-0.4, -0.2) is 28.6 Å². The van der Waals surface area contributed by atoms with Crippen molar-refractivity contribution in [2.45, 2.75) is 32.2 Å². The molecule has 0 saturated heterocycles. The van der Waals surface area contributed by atoms with Gasteiger partial charge in [0.1, 0.15) is 16.1 Å². The fourth-order valence-corrected chi connectivity index (χ4v) is 3.28. The van der Waals surface area contributed by atoms with Crippen LogP contribution in [0.3, 0.4) is 0 Å². The Morgan fingerprint density at radius 1 is 1.25 bits per heavy atom.